The zero-order valence-corrected chi connectivity index (χ0v) is 12.3. The fourth-order valence-corrected chi connectivity index (χ4v) is 2.17. The highest BCUT2D eigenvalue weighted by Gasteiger charge is 2.30. The van der Waals surface area contributed by atoms with Gasteiger partial charge in [0, 0.05) is 25.4 Å². The third-order valence-electron chi connectivity index (χ3n) is 3.31. The van der Waals surface area contributed by atoms with Crippen molar-refractivity contribution in [1.29, 1.82) is 0 Å². The second kappa shape index (κ2) is 7.60. The Morgan fingerprint density at radius 1 is 1.48 bits per heavy atom. The highest BCUT2D eigenvalue weighted by atomic mass is 19.4. The average molecular weight is 333 g/mol. The van der Waals surface area contributed by atoms with Gasteiger partial charge in [-0.05, 0) is 24.5 Å². The number of nitrogens with one attached hydrogen (secondary N) is 1. The molecule has 1 saturated heterocycles. The van der Waals surface area contributed by atoms with E-state index in [-0.39, 0.29) is 24.4 Å². The molecule has 0 spiro atoms. The van der Waals surface area contributed by atoms with Gasteiger partial charge in [-0.1, -0.05) is 0 Å². The molecule has 6 nitrogen and oxygen atoms in total. The number of pyridine rings is 1. The third-order valence-corrected chi connectivity index (χ3v) is 3.31. The fourth-order valence-electron chi connectivity index (χ4n) is 2.17. The Labute approximate surface area is 131 Å². The molecule has 1 aliphatic heterocycles. The van der Waals surface area contributed by atoms with Crippen LogP contribution in [0.3, 0.4) is 0 Å². The normalized spacial score (nSPS) is 21.2. The molecular weight excluding hydrogens is 315 g/mol. The predicted octanol–water partition coefficient (Wildman–Crippen LogP) is 1.15. The number of amides is 1. The number of carbonyl (C=O) groups excluding carboxylic acids is 1. The van der Waals surface area contributed by atoms with Crippen molar-refractivity contribution in [1.82, 2.24) is 10.3 Å². The highest BCUT2D eigenvalue weighted by molar-refractivity contribution is 5.81. The van der Waals surface area contributed by atoms with Crippen LogP contribution in [0.25, 0.3) is 0 Å². The lowest BCUT2D eigenvalue weighted by atomic mass is 10.2. The fraction of sp³-hybridized carbons (Fsp3) is 0.571. The molecule has 1 aromatic rings. The predicted molar refractivity (Wildman–Crippen MR) is 74.6 cm³/mol. The zero-order valence-electron chi connectivity index (χ0n) is 12.3. The van der Waals surface area contributed by atoms with Crippen molar-refractivity contribution >= 4 is 5.91 Å². The van der Waals surface area contributed by atoms with Crippen molar-refractivity contribution in [2.75, 3.05) is 13.2 Å². The van der Waals surface area contributed by atoms with Crippen molar-refractivity contribution in [3.63, 3.8) is 0 Å². The monoisotopic (exact) mass is 333 g/mol. The van der Waals surface area contributed by atoms with E-state index >= 15 is 0 Å². The molecule has 1 amide bonds. The van der Waals surface area contributed by atoms with Crippen LogP contribution in [0.5, 0.6) is 5.88 Å². The van der Waals surface area contributed by atoms with E-state index in [1.807, 2.05) is 0 Å². The van der Waals surface area contributed by atoms with Gasteiger partial charge in [0.25, 0.3) is 0 Å². The Hall–Kier alpha value is -1.87. The summed E-state index contributed by atoms with van der Waals surface area (Å²) in [4.78, 5) is 15.6. The van der Waals surface area contributed by atoms with E-state index in [1.165, 1.54) is 12.3 Å². The van der Waals surface area contributed by atoms with Gasteiger partial charge < -0.3 is 20.5 Å². The molecule has 0 saturated carbocycles. The summed E-state index contributed by atoms with van der Waals surface area (Å²) in [5.74, 6) is -0.412. The van der Waals surface area contributed by atoms with Gasteiger partial charge in [-0.2, -0.15) is 13.2 Å². The summed E-state index contributed by atoms with van der Waals surface area (Å²) in [7, 11) is 0. The van der Waals surface area contributed by atoms with Crippen LogP contribution >= 0.6 is 0 Å². The summed E-state index contributed by atoms with van der Waals surface area (Å²) in [6, 6.07) is 2.93. The second-order valence-electron chi connectivity index (χ2n) is 5.18. The molecule has 1 fully saturated rings. The maximum absolute atomic E-state index is 12.1. The van der Waals surface area contributed by atoms with Crippen LogP contribution in [0, 0.1) is 0 Å². The second-order valence-corrected chi connectivity index (χ2v) is 5.18. The lowest BCUT2D eigenvalue weighted by Gasteiger charge is -2.13. The first-order chi connectivity index (χ1) is 10.9. The Bertz CT molecular complexity index is 539. The van der Waals surface area contributed by atoms with Crippen molar-refractivity contribution in [3.8, 4) is 5.88 Å². The number of rotatable bonds is 6. The van der Waals surface area contributed by atoms with E-state index in [4.69, 9.17) is 10.5 Å². The molecule has 128 valence electrons. The quantitative estimate of drug-likeness (QED) is 0.815. The molecule has 0 aliphatic carbocycles. The number of ether oxygens (including phenoxy) is 2. The molecule has 9 heteroatoms. The lowest BCUT2D eigenvalue weighted by molar-refractivity contribution is -0.154. The van der Waals surface area contributed by atoms with Crippen LogP contribution in [-0.2, 0) is 16.1 Å². The number of nitrogens with zero attached hydrogens (tertiary/aromatic N) is 1. The Morgan fingerprint density at radius 2 is 2.26 bits per heavy atom. The number of aromatic nitrogens is 1. The van der Waals surface area contributed by atoms with Crippen LogP contribution in [0.2, 0.25) is 0 Å². The van der Waals surface area contributed by atoms with Crippen molar-refractivity contribution in [2.24, 2.45) is 5.73 Å². The number of hydrogen-bond donors (Lipinski definition) is 2. The number of carbonyl (C=O) groups is 1. The highest BCUT2D eigenvalue weighted by Crippen LogP contribution is 2.20. The summed E-state index contributed by atoms with van der Waals surface area (Å²) >= 11 is 0. The van der Waals surface area contributed by atoms with Gasteiger partial charge in [0.2, 0.25) is 11.8 Å². The maximum Gasteiger partial charge on any atom is 0.422 e. The Balaban J connectivity index is 1.82. The minimum absolute atomic E-state index is 0.103. The first kappa shape index (κ1) is 17.5. The molecule has 2 heterocycles. The first-order valence-electron chi connectivity index (χ1n) is 7.15. The van der Waals surface area contributed by atoms with Gasteiger partial charge in [-0.3, -0.25) is 4.79 Å². The minimum atomic E-state index is -4.43. The summed E-state index contributed by atoms with van der Waals surface area (Å²) in [5.41, 5.74) is 6.06. The summed E-state index contributed by atoms with van der Waals surface area (Å²) < 4.78 is 46.3. The van der Waals surface area contributed by atoms with Crippen molar-refractivity contribution in [2.45, 2.75) is 37.8 Å². The molecule has 0 radical (unpaired) electrons. The molecule has 1 aliphatic rings. The van der Waals surface area contributed by atoms with Crippen LogP contribution < -0.4 is 15.8 Å². The molecule has 2 rings (SSSR count). The standard InChI is InChI=1S/C14H18F3N3O3/c15-14(16,17)8-22-12-5-9(3-4-19-12)7-20-13(21)11-2-1-10(6-18)23-11/h3-5,10-11H,1-2,6-8,18H2,(H,20,21)/t10-,11+/m1/s1. The topological polar surface area (TPSA) is 86.5 Å². The molecule has 2 atom stereocenters. The van der Waals surface area contributed by atoms with Crippen LogP contribution in [-0.4, -0.2) is 42.4 Å². The molecule has 0 bridgehead atoms. The van der Waals surface area contributed by atoms with E-state index in [2.05, 4.69) is 15.0 Å². The summed E-state index contributed by atoms with van der Waals surface area (Å²) in [5, 5.41) is 2.67. The van der Waals surface area contributed by atoms with E-state index in [0.717, 1.165) is 6.42 Å². The largest absolute Gasteiger partial charge is 0.468 e. The Kier molecular flexibility index (Phi) is 5.78. The summed E-state index contributed by atoms with van der Waals surface area (Å²) in [6.07, 6.45) is -2.40. The SMILES string of the molecule is NC[C@H]1CC[C@@H](C(=O)NCc2ccnc(OCC(F)(F)F)c2)O1. The van der Waals surface area contributed by atoms with E-state index in [9.17, 15) is 18.0 Å². The molecule has 1 aromatic heterocycles. The first-order valence-corrected chi connectivity index (χ1v) is 7.15. The number of hydrogen-bond acceptors (Lipinski definition) is 5. The van der Waals surface area contributed by atoms with Gasteiger partial charge in [0.05, 0.1) is 6.10 Å². The van der Waals surface area contributed by atoms with Gasteiger partial charge in [0.15, 0.2) is 6.61 Å². The lowest BCUT2D eigenvalue weighted by Crippen LogP contribution is -2.35. The number of alkyl halides is 3. The minimum Gasteiger partial charge on any atom is -0.468 e. The van der Waals surface area contributed by atoms with Crippen molar-refractivity contribution < 1.29 is 27.4 Å². The molecule has 3 N–H and O–H groups in total. The van der Waals surface area contributed by atoms with E-state index in [0.29, 0.717) is 18.5 Å². The molecule has 23 heavy (non-hydrogen) atoms. The van der Waals surface area contributed by atoms with E-state index in [1.54, 1.807) is 6.07 Å². The smallest absolute Gasteiger partial charge is 0.422 e. The molecule has 0 aromatic carbocycles. The van der Waals surface area contributed by atoms with Gasteiger partial charge in [0.1, 0.15) is 6.10 Å². The van der Waals surface area contributed by atoms with Gasteiger partial charge >= 0.3 is 6.18 Å². The maximum atomic E-state index is 12.1. The van der Waals surface area contributed by atoms with Crippen LogP contribution in [0.4, 0.5) is 13.2 Å². The average Bonchev–Trinajstić information content (AvgIpc) is 2.99. The van der Waals surface area contributed by atoms with E-state index < -0.39 is 18.9 Å². The van der Waals surface area contributed by atoms with Crippen molar-refractivity contribution in [3.05, 3.63) is 23.9 Å². The third kappa shape index (κ3) is 5.68. The van der Waals surface area contributed by atoms with Crippen LogP contribution in [0.15, 0.2) is 18.3 Å². The Morgan fingerprint density at radius 3 is 2.91 bits per heavy atom. The molecule has 0 unspecified atom stereocenters. The number of nitrogens with two attached hydrogens (primary N) is 1. The van der Waals surface area contributed by atoms with Gasteiger partial charge in [-0.25, -0.2) is 4.98 Å². The van der Waals surface area contributed by atoms with Gasteiger partial charge in [-0.15, -0.1) is 0 Å². The molecular formula is C14H18F3N3O3. The summed E-state index contributed by atoms with van der Waals surface area (Å²) in [6.45, 7) is -0.892. The van der Waals surface area contributed by atoms with Crippen LogP contribution in [0.1, 0.15) is 18.4 Å². The zero-order chi connectivity index (χ0) is 16.9. The number of halogens is 3.